The molecule has 3 saturated heterocycles. The molecule has 2 bridgehead atoms. The number of hydrogen-bond acceptors (Lipinski definition) is 10. The van der Waals surface area contributed by atoms with Crippen LogP contribution in [-0.2, 0) is 11.3 Å². The molecule has 6 rings (SSSR count). The van der Waals surface area contributed by atoms with Crippen LogP contribution >= 0.6 is 11.8 Å². The number of nitriles is 1. The predicted molar refractivity (Wildman–Crippen MR) is 153 cm³/mol. The fourth-order valence-electron chi connectivity index (χ4n) is 5.13. The number of piperazine rings is 1. The Kier molecular flexibility index (Phi) is 7.75. The fraction of sp³-hybridized carbons (Fsp3) is 0.379. The van der Waals surface area contributed by atoms with Gasteiger partial charge in [-0.25, -0.2) is 9.97 Å². The van der Waals surface area contributed by atoms with E-state index in [0.29, 0.717) is 29.1 Å². The highest BCUT2D eigenvalue weighted by atomic mass is 32.2. The Balaban J connectivity index is 1.29. The number of nitrogens with zero attached hydrogens (tertiary/aromatic N) is 5. The van der Waals surface area contributed by atoms with E-state index in [2.05, 4.69) is 38.3 Å². The first-order valence-corrected chi connectivity index (χ1v) is 14.2. The summed E-state index contributed by atoms with van der Waals surface area (Å²) < 4.78 is 5.77. The number of dihydropyridines is 1. The van der Waals surface area contributed by atoms with Gasteiger partial charge in [0.2, 0.25) is 0 Å². The molecule has 0 amide bonds. The molecule has 3 fully saturated rings. The number of thioether (sulfide) groups is 1. The minimum atomic E-state index is -0.985. The maximum absolute atomic E-state index is 10.0. The Morgan fingerprint density at radius 1 is 1.26 bits per heavy atom. The Bertz CT molecular complexity index is 1340. The van der Waals surface area contributed by atoms with Gasteiger partial charge < -0.3 is 25.5 Å². The molecule has 202 valence electrons. The van der Waals surface area contributed by atoms with Crippen molar-refractivity contribution in [3.05, 3.63) is 77.1 Å². The zero-order chi connectivity index (χ0) is 27.6. The molecule has 2 unspecified atom stereocenters. The maximum atomic E-state index is 10.0. The first kappa shape index (κ1) is 26.9. The summed E-state index contributed by atoms with van der Waals surface area (Å²) in [6, 6.07) is 11.3. The van der Waals surface area contributed by atoms with Gasteiger partial charge in [0.05, 0.1) is 21.9 Å². The molecule has 9 nitrogen and oxygen atoms in total. The summed E-state index contributed by atoms with van der Waals surface area (Å²) in [7, 11) is 0. The minimum absolute atomic E-state index is 0.115. The molecule has 10 heteroatoms. The van der Waals surface area contributed by atoms with E-state index < -0.39 is 5.60 Å². The van der Waals surface area contributed by atoms with E-state index >= 15 is 0 Å². The highest BCUT2D eigenvalue weighted by Crippen LogP contribution is 2.36. The van der Waals surface area contributed by atoms with Gasteiger partial charge in [-0.2, -0.15) is 5.26 Å². The number of rotatable bonds is 9. The number of aliphatic hydroxyl groups is 1. The molecule has 0 aliphatic carbocycles. The lowest BCUT2D eigenvalue weighted by molar-refractivity contribution is -0.00877. The average molecular weight is 544 g/mol. The van der Waals surface area contributed by atoms with E-state index in [-0.39, 0.29) is 12.2 Å². The molecule has 0 aromatic carbocycles. The maximum Gasteiger partial charge on any atom is 0.136 e. The summed E-state index contributed by atoms with van der Waals surface area (Å²) in [4.78, 5) is 14.2. The van der Waals surface area contributed by atoms with Crippen molar-refractivity contribution < 1.29 is 9.84 Å². The monoisotopic (exact) mass is 543 g/mol. The lowest BCUT2D eigenvalue weighted by Gasteiger charge is -2.56. The van der Waals surface area contributed by atoms with Crippen LogP contribution in [0.1, 0.15) is 31.4 Å². The smallest absolute Gasteiger partial charge is 0.136 e. The second-order valence-corrected chi connectivity index (χ2v) is 11.5. The van der Waals surface area contributed by atoms with Gasteiger partial charge in [-0.1, -0.05) is 6.07 Å². The molecule has 0 radical (unpaired) electrons. The number of hydrogen-bond donors (Lipinski definition) is 3. The third kappa shape index (κ3) is 6.01. The van der Waals surface area contributed by atoms with Crippen LogP contribution in [0.25, 0.3) is 5.57 Å². The van der Waals surface area contributed by atoms with Crippen LogP contribution < -0.4 is 10.2 Å². The van der Waals surface area contributed by atoms with E-state index in [1.54, 1.807) is 38.0 Å². The lowest BCUT2D eigenvalue weighted by Crippen LogP contribution is -2.68. The first-order chi connectivity index (χ1) is 18.8. The largest absolute Gasteiger partial charge is 0.489 e. The predicted octanol–water partition coefficient (Wildman–Crippen LogP) is 3.70. The van der Waals surface area contributed by atoms with Gasteiger partial charge in [0, 0.05) is 67.7 Å². The molecule has 39 heavy (non-hydrogen) atoms. The Morgan fingerprint density at radius 2 is 2.05 bits per heavy atom. The summed E-state index contributed by atoms with van der Waals surface area (Å²) in [5.41, 5.74) is 2.50. The van der Waals surface area contributed by atoms with E-state index in [4.69, 9.17) is 15.1 Å². The van der Waals surface area contributed by atoms with Crippen molar-refractivity contribution in [1.29, 1.82) is 10.7 Å². The van der Waals surface area contributed by atoms with Gasteiger partial charge in [0.15, 0.2) is 0 Å². The summed E-state index contributed by atoms with van der Waals surface area (Å²) in [5, 5.41) is 31.4. The quantitative estimate of drug-likeness (QED) is 0.247. The van der Waals surface area contributed by atoms with Crippen LogP contribution in [-0.4, -0.2) is 69.8 Å². The molecule has 0 saturated carbocycles. The second kappa shape index (κ2) is 11.2. The summed E-state index contributed by atoms with van der Waals surface area (Å²) in [5.74, 6) is 1.45. The van der Waals surface area contributed by atoms with Crippen molar-refractivity contribution in [2.75, 3.05) is 30.9 Å². The van der Waals surface area contributed by atoms with Gasteiger partial charge in [-0.15, -0.1) is 11.8 Å². The standard InChI is InChI=1S/C29H33N7O2S/c1-29(2,37)18-38-24-9-25(28(34-14-24)21(10-30)11-31)20-5-6-26(32-13-20)35-16-22-8-23(17-35)36(22)15-19-4-7-27(39-3)33-12-19/h4-7,9-10,12-14,22-23,30,34,37H,8,15-18H2,1-3H3/b28-21+,30-10?. The summed E-state index contributed by atoms with van der Waals surface area (Å²) in [6.07, 6.45) is 11.5. The molecule has 0 spiro atoms. The fourth-order valence-corrected chi connectivity index (χ4v) is 5.49. The zero-order valence-electron chi connectivity index (χ0n) is 22.4. The molecule has 2 aromatic heterocycles. The van der Waals surface area contributed by atoms with Gasteiger partial charge in [0.25, 0.3) is 0 Å². The highest BCUT2D eigenvalue weighted by Gasteiger charge is 2.44. The van der Waals surface area contributed by atoms with Crippen molar-refractivity contribution in [1.82, 2.24) is 20.2 Å². The van der Waals surface area contributed by atoms with Crippen molar-refractivity contribution in [2.45, 2.75) is 49.5 Å². The van der Waals surface area contributed by atoms with Crippen LogP contribution in [0, 0.1) is 16.7 Å². The Morgan fingerprint density at radius 3 is 2.64 bits per heavy atom. The van der Waals surface area contributed by atoms with Crippen LogP contribution in [0.4, 0.5) is 5.82 Å². The molecule has 3 N–H and O–H groups in total. The molecule has 2 atom stereocenters. The normalized spacial score (nSPS) is 22.1. The zero-order valence-corrected chi connectivity index (χ0v) is 23.2. The average Bonchev–Trinajstić information content (AvgIpc) is 2.96. The highest BCUT2D eigenvalue weighted by molar-refractivity contribution is 7.98. The van der Waals surface area contributed by atoms with E-state index in [1.807, 2.05) is 30.7 Å². The molecule has 4 aliphatic rings. The van der Waals surface area contributed by atoms with Gasteiger partial charge in [-0.05, 0) is 56.4 Å². The Hall–Kier alpha value is -3.65. The topological polar surface area (TPSA) is 121 Å². The van der Waals surface area contributed by atoms with Crippen LogP contribution in [0.5, 0.6) is 0 Å². The molecular formula is C29H33N7O2S. The number of ether oxygens (including phenoxy) is 1. The number of nitrogens with one attached hydrogen (secondary N) is 2. The van der Waals surface area contributed by atoms with E-state index in [1.165, 1.54) is 12.0 Å². The third-order valence-electron chi connectivity index (χ3n) is 7.14. The van der Waals surface area contributed by atoms with E-state index in [9.17, 15) is 10.4 Å². The number of pyridine rings is 2. The van der Waals surface area contributed by atoms with Crippen molar-refractivity contribution in [3.63, 3.8) is 0 Å². The van der Waals surface area contributed by atoms with Crippen molar-refractivity contribution in [3.8, 4) is 6.07 Å². The minimum Gasteiger partial charge on any atom is -0.489 e. The van der Waals surface area contributed by atoms with Gasteiger partial charge >= 0.3 is 0 Å². The SMILES string of the molecule is CSc1ccc(CN2C3CC2CN(c2ccc(C4=CC(OCC(C)(C)O)=CN/C4=C(/C#N)C=N)cn2)C3)cn1. The first-order valence-electron chi connectivity index (χ1n) is 12.9. The molecule has 6 heterocycles. The number of piperidine rings is 1. The number of allylic oxidation sites excluding steroid dienone is 3. The van der Waals surface area contributed by atoms with Crippen molar-refractivity contribution >= 4 is 29.4 Å². The lowest BCUT2D eigenvalue weighted by atomic mass is 9.87. The summed E-state index contributed by atoms with van der Waals surface area (Å²) in [6.45, 7) is 6.25. The number of fused-ring (bicyclic) bond motifs is 2. The van der Waals surface area contributed by atoms with Crippen LogP contribution in [0.15, 0.2) is 71.0 Å². The molecule has 4 aliphatic heterocycles. The van der Waals surface area contributed by atoms with Crippen LogP contribution in [0.3, 0.4) is 0 Å². The van der Waals surface area contributed by atoms with Gasteiger partial charge in [-0.3, -0.25) is 4.90 Å². The molecular weight excluding hydrogens is 510 g/mol. The van der Waals surface area contributed by atoms with Gasteiger partial charge in [0.1, 0.15) is 24.3 Å². The van der Waals surface area contributed by atoms with E-state index in [0.717, 1.165) is 42.3 Å². The van der Waals surface area contributed by atoms with Crippen molar-refractivity contribution in [2.24, 2.45) is 0 Å². The summed E-state index contributed by atoms with van der Waals surface area (Å²) >= 11 is 1.66. The van der Waals surface area contributed by atoms with Crippen LogP contribution in [0.2, 0.25) is 0 Å². The molecule has 2 aromatic rings. The third-order valence-corrected chi connectivity index (χ3v) is 7.80. The Labute approximate surface area is 233 Å². The second-order valence-electron chi connectivity index (χ2n) is 10.6. The number of anilines is 1. The number of aromatic nitrogens is 2.